The first-order chi connectivity index (χ1) is 10.0. The third-order valence-corrected chi connectivity index (χ3v) is 4.89. The maximum atomic E-state index is 13.5. The van der Waals surface area contributed by atoms with Gasteiger partial charge < -0.3 is 5.32 Å². The zero-order valence-corrected chi connectivity index (χ0v) is 15.3. The van der Waals surface area contributed by atoms with Crippen LogP contribution in [0.5, 0.6) is 0 Å². The SMILES string of the molecule is CCCNC(c1ccc(Br)c(C)c1)c1ccc(F)c(Br)c1. The third-order valence-electron chi connectivity index (χ3n) is 3.39. The Hall–Kier alpha value is -0.710. The standard InChI is InChI=1S/C17H18Br2FN/c1-3-8-21-17(12-4-6-14(18)11(2)9-12)13-5-7-16(20)15(19)10-13/h4-7,9-10,17,21H,3,8H2,1-2H3. The van der Waals surface area contributed by atoms with Gasteiger partial charge >= 0.3 is 0 Å². The molecule has 2 aromatic rings. The summed E-state index contributed by atoms with van der Waals surface area (Å²) in [5.41, 5.74) is 3.43. The second-order valence-corrected chi connectivity index (χ2v) is 6.78. The number of nitrogens with one attached hydrogen (secondary N) is 1. The zero-order valence-electron chi connectivity index (χ0n) is 12.1. The predicted molar refractivity (Wildman–Crippen MR) is 93.1 cm³/mol. The monoisotopic (exact) mass is 413 g/mol. The van der Waals surface area contributed by atoms with Crippen molar-refractivity contribution >= 4 is 31.9 Å². The van der Waals surface area contributed by atoms with Crippen LogP contribution < -0.4 is 5.32 Å². The molecule has 1 atom stereocenters. The number of rotatable bonds is 5. The summed E-state index contributed by atoms with van der Waals surface area (Å²) in [6.45, 7) is 5.12. The van der Waals surface area contributed by atoms with E-state index in [2.05, 4.69) is 69.2 Å². The Kier molecular flexibility index (Phi) is 5.97. The van der Waals surface area contributed by atoms with Crippen molar-refractivity contribution in [1.29, 1.82) is 0 Å². The lowest BCUT2D eigenvalue weighted by molar-refractivity contribution is 0.590. The van der Waals surface area contributed by atoms with Crippen molar-refractivity contribution in [2.45, 2.75) is 26.3 Å². The van der Waals surface area contributed by atoms with Crippen molar-refractivity contribution in [3.8, 4) is 0 Å². The smallest absolute Gasteiger partial charge is 0.137 e. The van der Waals surface area contributed by atoms with E-state index in [9.17, 15) is 4.39 Å². The second-order valence-electron chi connectivity index (χ2n) is 5.07. The molecule has 2 rings (SSSR count). The van der Waals surface area contributed by atoms with Crippen LogP contribution in [0, 0.1) is 12.7 Å². The van der Waals surface area contributed by atoms with Crippen molar-refractivity contribution in [1.82, 2.24) is 5.32 Å². The summed E-state index contributed by atoms with van der Waals surface area (Å²) in [4.78, 5) is 0. The molecule has 21 heavy (non-hydrogen) atoms. The van der Waals surface area contributed by atoms with Crippen LogP contribution in [0.15, 0.2) is 45.3 Å². The van der Waals surface area contributed by atoms with Gasteiger partial charge in [0.15, 0.2) is 0 Å². The molecule has 0 saturated heterocycles. The van der Waals surface area contributed by atoms with Crippen molar-refractivity contribution in [3.63, 3.8) is 0 Å². The summed E-state index contributed by atoms with van der Waals surface area (Å²) in [6.07, 6.45) is 1.05. The third kappa shape index (κ3) is 4.15. The number of hydrogen-bond donors (Lipinski definition) is 1. The predicted octanol–water partition coefficient (Wildman–Crippen LogP) is 5.75. The van der Waals surface area contributed by atoms with Gasteiger partial charge in [0, 0.05) is 4.47 Å². The first kappa shape index (κ1) is 16.7. The highest BCUT2D eigenvalue weighted by Crippen LogP contribution is 2.28. The quantitative estimate of drug-likeness (QED) is 0.656. The van der Waals surface area contributed by atoms with Gasteiger partial charge in [0.25, 0.3) is 0 Å². The number of halogens is 3. The minimum Gasteiger partial charge on any atom is -0.306 e. The average molecular weight is 415 g/mol. The molecule has 0 spiro atoms. The van der Waals surface area contributed by atoms with Crippen LogP contribution in [0.1, 0.15) is 36.1 Å². The maximum Gasteiger partial charge on any atom is 0.137 e. The van der Waals surface area contributed by atoms with Crippen LogP contribution in [0.4, 0.5) is 4.39 Å². The molecule has 1 N–H and O–H groups in total. The largest absolute Gasteiger partial charge is 0.306 e. The molecule has 0 aliphatic carbocycles. The van der Waals surface area contributed by atoms with Crippen molar-refractivity contribution in [3.05, 3.63) is 67.9 Å². The Morgan fingerprint density at radius 2 is 1.71 bits per heavy atom. The van der Waals surface area contributed by atoms with Gasteiger partial charge in [-0.15, -0.1) is 0 Å². The minimum absolute atomic E-state index is 0.0636. The van der Waals surface area contributed by atoms with Crippen LogP contribution in [-0.2, 0) is 0 Å². The van der Waals surface area contributed by atoms with E-state index in [0.717, 1.165) is 23.0 Å². The van der Waals surface area contributed by atoms with Crippen LogP contribution in [0.2, 0.25) is 0 Å². The summed E-state index contributed by atoms with van der Waals surface area (Å²) < 4.78 is 15.1. The molecule has 0 saturated carbocycles. The summed E-state index contributed by atoms with van der Waals surface area (Å²) in [6, 6.07) is 11.6. The molecule has 1 nitrogen and oxygen atoms in total. The fourth-order valence-electron chi connectivity index (χ4n) is 2.26. The molecule has 1 unspecified atom stereocenters. The molecule has 0 fully saturated rings. The number of aryl methyl sites for hydroxylation is 1. The summed E-state index contributed by atoms with van der Waals surface area (Å²) in [7, 11) is 0. The fourth-order valence-corrected chi connectivity index (χ4v) is 2.90. The zero-order chi connectivity index (χ0) is 15.4. The van der Waals surface area contributed by atoms with E-state index in [1.807, 2.05) is 12.1 Å². The molecule has 4 heteroatoms. The Balaban J connectivity index is 2.41. The van der Waals surface area contributed by atoms with Gasteiger partial charge in [0.1, 0.15) is 5.82 Å². The normalized spacial score (nSPS) is 12.4. The van der Waals surface area contributed by atoms with Crippen LogP contribution in [0.3, 0.4) is 0 Å². The van der Waals surface area contributed by atoms with Gasteiger partial charge in [-0.05, 0) is 70.7 Å². The highest BCUT2D eigenvalue weighted by atomic mass is 79.9. The topological polar surface area (TPSA) is 12.0 Å². The number of benzene rings is 2. The highest BCUT2D eigenvalue weighted by Gasteiger charge is 2.15. The van der Waals surface area contributed by atoms with Crippen molar-refractivity contribution in [2.75, 3.05) is 6.54 Å². The summed E-state index contributed by atoms with van der Waals surface area (Å²) in [5.74, 6) is -0.236. The Bertz CT molecular complexity index is 577. The lowest BCUT2D eigenvalue weighted by Crippen LogP contribution is -2.23. The van der Waals surface area contributed by atoms with E-state index in [0.29, 0.717) is 4.47 Å². The molecule has 0 radical (unpaired) electrons. The summed E-state index contributed by atoms with van der Waals surface area (Å²) in [5, 5.41) is 3.54. The Morgan fingerprint density at radius 1 is 1.05 bits per heavy atom. The van der Waals surface area contributed by atoms with Gasteiger partial charge in [0.2, 0.25) is 0 Å². The van der Waals surface area contributed by atoms with Gasteiger partial charge in [-0.1, -0.05) is 41.1 Å². The molecule has 0 amide bonds. The van der Waals surface area contributed by atoms with E-state index in [1.54, 1.807) is 0 Å². The highest BCUT2D eigenvalue weighted by molar-refractivity contribution is 9.10. The van der Waals surface area contributed by atoms with E-state index in [1.165, 1.54) is 17.2 Å². The van der Waals surface area contributed by atoms with Gasteiger partial charge in [0.05, 0.1) is 10.5 Å². The van der Waals surface area contributed by atoms with Crippen LogP contribution in [-0.4, -0.2) is 6.54 Å². The van der Waals surface area contributed by atoms with Gasteiger partial charge in [-0.25, -0.2) is 4.39 Å². The maximum absolute atomic E-state index is 13.5. The molecule has 112 valence electrons. The molecular formula is C17H18Br2FN. The van der Waals surface area contributed by atoms with Gasteiger partial charge in [-0.2, -0.15) is 0 Å². The van der Waals surface area contributed by atoms with Crippen molar-refractivity contribution < 1.29 is 4.39 Å². The average Bonchev–Trinajstić information content (AvgIpc) is 2.46. The molecule has 0 aliphatic heterocycles. The molecule has 0 aromatic heterocycles. The van der Waals surface area contributed by atoms with E-state index in [-0.39, 0.29) is 11.9 Å². The first-order valence-electron chi connectivity index (χ1n) is 6.97. The van der Waals surface area contributed by atoms with Crippen LogP contribution >= 0.6 is 31.9 Å². The van der Waals surface area contributed by atoms with Crippen LogP contribution in [0.25, 0.3) is 0 Å². The molecule has 0 aliphatic rings. The van der Waals surface area contributed by atoms with E-state index >= 15 is 0 Å². The molecule has 0 heterocycles. The Morgan fingerprint density at radius 3 is 2.33 bits per heavy atom. The fraction of sp³-hybridized carbons (Fsp3) is 0.294. The number of hydrogen-bond acceptors (Lipinski definition) is 1. The van der Waals surface area contributed by atoms with Gasteiger partial charge in [-0.3, -0.25) is 0 Å². The lowest BCUT2D eigenvalue weighted by atomic mass is 9.97. The molecular weight excluding hydrogens is 397 g/mol. The lowest BCUT2D eigenvalue weighted by Gasteiger charge is -2.21. The Labute approximate surface area is 142 Å². The first-order valence-corrected chi connectivity index (χ1v) is 8.56. The molecule has 0 bridgehead atoms. The molecule has 2 aromatic carbocycles. The van der Waals surface area contributed by atoms with E-state index < -0.39 is 0 Å². The second kappa shape index (κ2) is 7.52. The minimum atomic E-state index is -0.236. The van der Waals surface area contributed by atoms with Crippen molar-refractivity contribution in [2.24, 2.45) is 0 Å². The summed E-state index contributed by atoms with van der Waals surface area (Å²) >= 11 is 6.80. The van der Waals surface area contributed by atoms with E-state index in [4.69, 9.17) is 0 Å².